The fourth-order valence-electron chi connectivity index (χ4n) is 2.20. The smallest absolute Gasteiger partial charge is 0.191 e. The molecule has 0 saturated heterocycles. The maximum absolute atomic E-state index is 13.1. The van der Waals surface area contributed by atoms with Crippen molar-refractivity contribution in [1.29, 1.82) is 0 Å². The fraction of sp³-hybridized carbons (Fsp3) is 0.588. The van der Waals surface area contributed by atoms with Gasteiger partial charge in [0.2, 0.25) is 0 Å². The highest BCUT2D eigenvalue weighted by molar-refractivity contribution is 14.0. The van der Waals surface area contributed by atoms with Gasteiger partial charge in [-0.1, -0.05) is 26.0 Å². The Labute approximate surface area is 157 Å². The first-order chi connectivity index (χ1) is 10.7. The predicted octanol–water partition coefficient (Wildman–Crippen LogP) is 3.23. The highest BCUT2D eigenvalue weighted by atomic mass is 127. The summed E-state index contributed by atoms with van der Waals surface area (Å²) in [6.45, 7) is 11.8. The molecule has 0 amide bonds. The Hall–Kier alpha value is -0.890. The molecule has 0 spiro atoms. The van der Waals surface area contributed by atoms with Crippen LogP contribution in [-0.4, -0.2) is 43.6 Å². The van der Waals surface area contributed by atoms with Crippen molar-refractivity contribution in [3.8, 4) is 0 Å². The molecule has 2 N–H and O–H groups in total. The first kappa shape index (κ1) is 22.1. The molecular weight excluding hydrogens is 406 g/mol. The van der Waals surface area contributed by atoms with Gasteiger partial charge in [0.1, 0.15) is 5.82 Å². The minimum Gasteiger partial charge on any atom is -0.357 e. The first-order valence-corrected chi connectivity index (χ1v) is 8.18. The summed E-state index contributed by atoms with van der Waals surface area (Å²) in [5.41, 5.74) is 0.875. The topological polar surface area (TPSA) is 39.7 Å². The number of nitrogens with zero attached hydrogens (tertiary/aromatic N) is 2. The van der Waals surface area contributed by atoms with E-state index in [2.05, 4.69) is 34.4 Å². The van der Waals surface area contributed by atoms with Gasteiger partial charge in [-0.15, -0.1) is 24.0 Å². The molecule has 0 aliphatic rings. The highest BCUT2D eigenvalue weighted by Crippen LogP contribution is 2.04. The minimum absolute atomic E-state index is 0. The summed E-state index contributed by atoms with van der Waals surface area (Å²) < 4.78 is 13.1. The molecule has 1 aromatic carbocycles. The number of hydrogen-bond acceptors (Lipinski definition) is 2. The normalized spacial score (nSPS) is 11.3. The highest BCUT2D eigenvalue weighted by Gasteiger charge is 2.01. The van der Waals surface area contributed by atoms with Gasteiger partial charge in [0, 0.05) is 13.1 Å². The zero-order valence-corrected chi connectivity index (χ0v) is 16.8. The molecule has 0 unspecified atom stereocenters. The zero-order valence-electron chi connectivity index (χ0n) is 14.4. The van der Waals surface area contributed by atoms with Crippen LogP contribution in [0.1, 0.15) is 32.8 Å². The van der Waals surface area contributed by atoms with Crippen molar-refractivity contribution in [2.75, 3.05) is 32.7 Å². The molecule has 1 aromatic rings. The Morgan fingerprint density at radius 2 is 1.91 bits per heavy atom. The van der Waals surface area contributed by atoms with E-state index in [-0.39, 0.29) is 29.8 Å². The summed E-state index contributed by atoms with van der Waals surface area (Å²) in [5.74, 6) is 0.566. The molecule has 0 bridgehead atoms. The molecule has 0 radical (unpaired) electrons. The number of rotatable bonds is 9. The molecule has 0 aliphatic carbocycles. The lowest BCUT2D eigenvalue weighted by atomic mass is 10.2. The number of hydrogen-bond donors (Lipinski definition) is 2. The van der Waals surface area contributed by atoms with E-state index in [0.29, 0.717) is 6.54 Å². The monoisotopic (exact) mass is 436 g/mol. The van der Waals surface area contributed by atoms with Gasteiger partial charge in [0.15, 0.2) is 5.96 Å². The lowest BCUT2D eigenvalue weighted by Gasteiger charge is -2.18. The molecule has 1 rings (SSSR count). The number of nitrogens with one attached hydrogen (secondary N) is 2. The Kier molecular flexibility index (Phi) is 13.0. The molecule has 23 heavy (non-hydrogen) atoms. The van der Waals surface area contributed by atoms with Crippen molar-refractivity contribution in [3.05, 3.63) is 35.6 Å². The van der Waals surface area contributed by atoms with Gasteiger partial charge in [-0.3, -0.25) is 0 Å². The van der Waals surface area contributed by atoms with Gasteiger partial charge in [-0.25, -0.2) is 9.38 Å². The van der Waals surface area contributed by atoms with Crippen LogP contribution in [0.15, 0.2) is 29.3 Å². The third kappa shape index (κ3) is 9.76. The van der Waals surface area contributed by atoms with E-state index in [4.69, 9.17) is 0 Å². The second-order valence-corrected chi connectivity index (χ2v) is 5.13. The third-order valence-corrected chi connectivity index (χ3v) is 3.49. The number of benzene rings is 1. The van der Waals surface area contributed by atoms with Crippen LogP contribution < -0.4 is 10.6 Å². The van der Waals surface area contributed by atoms with Gasteiger partial charge < -0.3 is 15.5 Å². The molecular formula is C17H30FIN4. The van der Waals surface area contributed by atoms with Crippen LogP contribution in [0.3, 0.4) is 0 Å². The van der Waals surface area contributed by atoms with Crippen molar-refractivity contribution < 1.29 is 4.39 Å². The van der Waals surface area contributed by atoms with E-state index in [1.807, 2.05) is 13.0 Å². The van der Waals surface area contributed by atoms with Crippen LogP contribution >= 0.6 is 24.0 Å². The van der Waals surface area contributed by atoms with E-state index in [9.17, 15) is 4.39 Å². The van der Waals surface area contributed by atoms with Gasteiger partial charge in [0.05, 0.1) is 6.54 Å². The fourth-order valence-corrected chi connectivity index (χ4v) is 2.20. The van der Waals surface area contributed by atoms with Crippen LogP contribution in [0.25, 0.3) is 0 Å². The summed E-state index contributed by atoms with van der Waals surface area (Å²) in [7, 11) is 0. The summed E-state index contributed by atoms with van der Waals surface area (Å²) in [4.78, 5) is 6.90. The Morgan fingerprint density at radius 1 is 1.17 bits per heavy atom. The van der Waals surface area contributed by atoms with E-state index in [1.54, 1.807) is 6.07 Å². The van der Waals surface area contributed by atoms with Gasteiger partial charge >= 0.3 is 0 Å². The standard InChI is InChI=1S/C17H29FN4.HI/c1-4-19-17(20-11-8-12-22(5-2)6-3)21-14-15-9-7-10-16(18)13-15;/h7,9-10,13H,4-6,8,11-12,14H2,1-3H3,(H2,19,20,21);1H. The molecule has 0 atom stereocenters. The molecule has 132 valence electrons. The second-order valence-electron chi connectivity index (χ2n) is 5.13. The van der Waals surface area contributed by atoms with Crippen LogP contribution in [0.2, 0.25) is 0 Å². The molecule has 4 nitrogen and oxygen atoms in total. The molecule has 0 fully saturated rings. The maximum atomic E-state index is 13.1. The SMILES string of the molecule is CCNC(=NCc1cccc(F)c1)NCCCN(CC)CC.I. The summed E-state index contributed by atoms with van der Waals surface area (Å²) in [6.07, 6.45) is 1.08. The van der Waals surface area contributed by atoms with Crippen LogP contribution in [0.5, 0.6) is 0 Å². The van der Waals surface area contributed by atoms with E-state index in [0.717, 1.165) is 50.7 Å². The van der Waals surface area contributed by atoms with Crippen molar-refractivity contribution >= 4 is 29.9 Å². The Bertz CT molecular complexity index is 450. The third-order valence-electron chi connectivity index (χ3n) is 3.49. The van der Waals surface area contributed by atoms with Gasteiger partial charge in [-0.05, 0) is 50.7 Å². The summed E-state index contributed by atoms with van der Waals surface area (Å²) >= 11 is 0. The number of halogens is 2. The van der Waals surface area contributed by atoms with Crippen LogP contribution in [0, 0.1) is 5.82 Å². The lowest BCUT2D eigenvalue weighted by molar-refractivity contribution is 0.300. The molecule has 0 aromatic heterocycles. The number of aliphatic imine (C=N–C) groups is 1. The van der Waals surface area contributed by atoms with E-state index >= 15 is 0 Å². The van der Waals surface area contributed by atoms with E-state index in [1.165, 1.54) is 12.1 Å². The van der Waals surface area contributed by atoms with Crippen LogP contribution in [0.4, 0.5) is 4.39 Å². The molecule has 0 heterocycles. The first-order valence-electron chi connectivity index (χ1n) is 8.18. The average Bonchev–Trinajstić information content (AvgIpc) is 2.52. The lowest BCUT2D eigenvalue weighted by Crippen LogP contribution is -2.38. The number of guanidine groups is 1. The largest absolute Gasteiger partial charge is 0.357 e. The van der Waals surface area contributed by atoms with Crippen LogP contribution in [-0.2, 0) is 6.54 Å². The predicted molar refractivity (Wildman–Crippen MR) is 107 cm³/mol. The molecule has 0 aliphatic heterocycles. The van der Waals surface area contributed by atoms with Crippen molar-refractivity contribution in [2.24, 2.45) is 4.99 Å². The molecule has 0 saturated carbocycles. The maximum Gasteiger partial charge on any atom is 0.191 e. The van der Waals surface area contributed by atoms with Gasteiger partial charge in [-0.2, -0.15) is 0 Å². The average molecular weight is 436 g/mol. The second kappa shape index (κ2) is 13.5. The quantitative estimate of drug-likeness (QED) is 0.270. The zero-order chi connectivity index (χ0) is 16.2. The van der Waals surface area contributed by atoms with Gasteiger partial charge in [0.25, 0.3) is 0 Å². The Balaban J connectivity index is 0.00000484. The van der Waals surface area contributed by atoms with Crippen molar-refractivity contribution in [2.45, 2.75) is 33.7 Å². The molecule has 6 heteroatoms. The summed E-state index contributed by atoms with van der Waals surface area (Å²) in [5, 5.41) is 6.54. The minimum atomic E-state index is -0.218. The summed E-state index contributed by atoms with van der Waals surface area (Å²) in [6, 6.07) is 6.57. The van der Waals surface area contributed by atoms with E-state index < -0.39 is 0 Å². The van der Waals surface area contributed by atoms with Crippen molar-refractivity contribution in [1.82, 2.24) is 15.5 Å². The Morgan fingerprint density at radius 3 is 2.52 bits per heavy atom. The van der Waals surface area contributed by atoms with Crippen molar-refractivity contribution in [3.63, 3.8) is 0 Å².